The maximum atomic E-state index is 12.1. The van der Waals surface area contributed by atoms with E-state index in [1.54, 1.807) is 18.3 Å². The lowest BCUT2D eigenvalue weighted by Gasteiger charge is -2.09. The van der Waals surface area contributed by atoms with E-state index in [1.165, 1.54) is 12.1 Å². The Morgan fingerprint density at radius 1 is 1.15 bits per heavy atom. The number of carbonyl (C=O) groups excluding carboxylic acids is 1. The van der Waals surface area contributed by atoms with Crippen molar-refractivity contribution in [3.63, 3.8) is 0 Å². The number of urea groups is 1. The fourth-order valence-electron chi connectivity index (χ4n) is 2.57. The Labute approximate surface area is 152 Å². The molecule has 2 amide bonds. The van der Waals surface area contributed by atoms with Gasteiger partial charge in [-0.25, -0.2) is 22.9 Å². The number of imidazole rings is 1. The number of nitrogens with zero attached hydrogens (tertiary/aromatic N) is 2. The standard InChI is InChI=1S/C18H20N4O3S/c1-14-7-9-16(10-8-14)26(24,25)21-18(23)19-11-4-6-17-20-13-15-5-2-3-12-22(15)17/h2-3,5,7-10,12-13H,4,6,11H2,1H3,(H2,19,21,23). The highest BCUT2D eigenvalue weighted by Gasteiger charge is 2.16. The van der Waals surface area contributed by atoms with Crippen LogP contribution in [0.15, 0.2) is 59.8 Å². The molecule has 8 heteroatoms. The van der Waals surface area contributed by atoms with Gasteiger partial charge < -0.3 is 9.72 Å². The average molecular weight is 372 g/mol. The van der Waals surface area contributed by atoms with Crippen molar-refractivity contribution in [2.45, 2.75) is 24.7 Å². The van der Waals surface area contributed by atoms with E-state index >= 15 is 0 Å². The lowest BCUT2D eigenvalue weighted by molar-refractivity contribution is 0.245. The number of pyridine rings is 1. The van der Waals surface area contributed by atoms with Crippen LogP contribution < -0.4 is 10.0 Å². The number of sulfonamides is 1. The molecule has 0 bridgehead atoms. The predicted octanol–water partition coefficient (Wildman–Crippen LogP) is 2.26. The molecule has 2 heterocycles. The molecule has 0 aliphatic rings. The minimum Gasteiger partial charge on any atom is -0.337 e. The van der Waals surface area contributed by atoms with Crippen molar-refractivity contribution in [3.8, 4) is 0 Å². The molecular weight excluding hydrogens is 352 g/mol. The molecule has 7 nitrogen and oxygen atoms in total. The van der Waals surface area contributed by atoms with Crippen LogP contribution in [-0.4, -0.2) is 30.4 Å². The Hall–Kier alpha value is -2.87. The lowest BCUT2D eigenvalue weighted by Crippen LogP contribution is -2.39. The van der Waals surface area contributed by atoms with Crippen molar-refractivity contribution in [3.05, 3.63) is 66.2 Å². The molecule has 136 valence electrons. The number of fused-ring (bicyclic) bond motifs is 1. The van der Waals surface area contributed by atoms with Crippen molar-refractivity contribution < 1.29 is 13.2 Å². The summed E-state index contributed by atoms with van der Waals surface area (Å²) >= 11 is 0. The van der Waals surface area contributed by atoms with E-state index in [2.05, 4.69) is 10.3 Å². The van der Waals surface area contributed by atoms with Gasteiger partial charge >= 0.3 is 6.03 Å². The molecule has 0 atom stereocenters. The fraction of sp³-hybridized carbons (Fsp3) is 0.222. The van der Waals surface area contributed by atoms with Gasteiger partial charge in [-0.1, -0.05) is 23.8 Å². The van der Waals surface area contributed by atoms with E-state index < -0.39 is 16.1 Å². The summed E-state index contributed by atoms with van der Waals surface area (Å²) in [5, 5.41) is 2.56. The van der Waals surface area contributed by atoms with Gasteiger partial charge in [-0.15, -0.1) is 0 Å². The van der Waals surface area contributed by atoms with Crippen LogP contribution in [0.2, 0.25) is 0 Å². The predicted molar refractivity (Wildman–Crippen MR) is 98.4 cm³/mol. The highest BCUT2D eigenvalue weighted by molar-refractivity contribution is 7.90. The largest absolute Gasteiger partial charge is 0.337 e. The van der Waals surface area contributed by atoms with Crippen LogP contribution in [0.1, 0.15) is 17.8 Å². The molecule has 26 heavy (non-hydrogen) atoms. The molecule has 3 rings (SSSR count). The fourth-order valence-corrected chi connectivity index (χ4v) is 3.50. The van der Waals surface area contributed by atoms with Crippen molar-refractivity contribution in [2.75, 3.05) is 6.54 Å². The first kappa shape index (κ1) is 17.9. The first-order valence-corrected chi connectivity index (χ1v) is 9.72. The number of carbonyl (C=O) groups is 1. The maximum absolute atomic E-state index is 12.1. The minimum atomic E-state index is -3.86. The molecule has 0 fully saturated rings. The van der Waals surface area contributed by atoms with Gasteiger partial charge in [0.15, 0.2) is 0 Å². The van der Waals surface area contributed by atoms with Crippen LogP contribution in [0.3, 0.4) is 0 Å². The summed E-state index contributed by atoms with van der Waals surface area (Å²) in [4.78, 5) is 16.3. The third kappa shape index (κ3) is 4.20. The summed E-state index contributed by atoms with van der Waals surface area (Å²) in [6, 6.07) is 11.4. The molecule has 1 aromatic carbocycles. The van der Waals surface area contributed by atoms with Crippen LogP contribution in [0.5, 0.6) is 0 Å². The maximum Gasteiger partial charge on any atom is 0.328 e. The number of hydrogen-bond acceptors (Lipinski definition) is 4. The summed E-state index contributed by atoms with van der Waals surface area (Å²) in [6.45, 7) is 2.20. The minimum absolute atomic E-state index is 0.0575. The molecule has 0 aliphatic heterocycles. The molecule has 2 N–H and O–H groups in total. The quantitative estimate of drug-likeness (QED) is 0.649. The second-order valence-electron chi connectivity index (χ2n) is 5.95. The zero-order valence-corrected chi connectivity index (χ0v) is 15.2. The van der Waals surface area contributed by atoms with Gasteiger partial charge in [0, 0.05) is 19.2 Å². The Balaban J connectivity index is 1.49. The molecule has 0 saturated carbocycles. The Kier molecular flexibility index (Phi) is 5.22. The van der Waals surface area contributed by atoms with E-state index in [0.717, 1.165) is 16.9 Å². The molecule has 0 radical (unpaired) electrons. The number of benzene rings is 1. The van der Waals surface area contributed by atoms with Crippen molar-refractivity contribution in [1.82, 2.24) is 19.4 Å². The monoisotopic (exact) mass is 372 g/mol. The SMILES string of the molecule is Cc1ccc(S(=O)(=O)NC(=O)NCCCc2ncc3ccccn23)cc1. The van der Waals surface area contributed by atoms with Gasteiger partial charge in [-0.3, -0.25) is 0 Å². The van der Waals surface area contributed by atoms with Crippen LogP contribution in [-0.2, 0) is 16.4 Å². The molecule has 0 spiro atoms. The Morgan fingerprint density at radius 3 is 2.69 bits per heavy atom. The first-order chi connectivity index (χ1) is 12.5. The summed E-state index contributed by atoms with van der Waals surface area (Å²) in [5.41, 5.74) is 1.96. The van der Waals surface area contributed by atoms with Crippen molar-refractivity contribution >= 4 is 21.6 Å². The van der Waals surface area contributed by atoms with Crippen LogP contribution in [0.25, 0.3) is 5.52 Å². The van der Waals surface area contributed by atoms with Gasteiger partial charge in [0.05, 0.1) is 16.6 Å². The van der Waals surface area contributed by atoms with Gasteiger partial charge in [-0.05, 0) is 37.6 Å². The molecule has 2 aromatic heterocycles. The number of aromatic nitrogens is 2. The zero-order valence-electron chi connectivity index (χ0n) is 14.3. The van der Waals surface area contributed by atoms with Crippen molar-refractivity contribution in [2.24, 2.45) is 0 Å². The zero-order chi connectivity index (χ0) is 18.6. The third-order valence-electron chi connectivity index (χ3n) is 3.94. The average Bonchev–Trinajstić information content (AvgIpc) is 3.02. The van der Waals surface area contributed by atoms with Crippen molar-refractivity contribution in [1.29, 1.82) is 0 Å². The normalized spacial score (nSPS) is 11.4. The smallest absolute Gasteiger partial charge is 0.328 e. The highest BCUT2D eigenvalue weighted by atomic mass is 32.2. The molecular formula is C18H20N4O3S. The Morgan fingerprint density at radius 2 is 1.92 bits per heavy atom. The number of aryl methyl sites for hydroxylation is 2. The van der Waals surface area contributed by atoms with Crippen LogP contribution >= 0.6 is 0 Å². The van der Waals surface area contributed by atoms with Gasteiger partial charge in [0.25, 0.3) is 10.0 Å². The number of hydrogen-bond donors (Lipinski definition) is 2. The van der Waals surface area contributed by atoms with E-state index in [4.69, 9.17) is 0 Å². The number of rotatable bonds is 6. The summed E-state index contributed by atoms with van der Waals surface area (Å²) in [6.07, 6.45) is 5.05. The first-order valence-electron chi connectivity index (χ1n) is 8.24. The van der Waals surface area contributed by atoms with Crippen LogP contribution in [0, 0.1) is 6.92 Å². The second kappa shape index (κ2) is 7.57. The number of amides is 2. The van der Waals surface area contributed by atoms with E-state index in [1.807, 2.05) is 40.4 Å². The topological polar surface area (TPSA) is 92.6 Å². The molecule has 0 aliphatic carbocycles. The molecule has 3 aromatic rings. The van der Waals surface area contributed by atoms with Gasteiger partial charge in [0.1, 0.15) is 5.82 Å². The number of nitrogens with one attached hydrogen (secondary N) is 2. The summed E-state index contributed by atoms with van der Waals surface area (Å²) < 4.78 is 28.3. The van der Waals surface area contributed by atoms with Gasteiger partial charge in [-0.2, -0.15) is 0 Å². The van der Waals surface area contributed by atoms with E-state index in [-0.39, 0.29) is 4.90 Å². The Bertz CT molecular complexity index is 1010. The summed E-state index contributed by atoms with van der Waals surface area (Å²) in [7, 11) is -3.86. The van der Waals surface area contributed by atoms with E-state index in [0.29, 0.717) is 19.4 Å². The third-order valence-corrected chi connectivity index (χ3v) is 5.28. The van der Waals surface area contributed by atoms with E-state index in [9.17, 15) is 13.2 Å². The van der Waals surface area contributed by atoms with Gasteiger partial charge in [0.2, 0.25) is 0 Å². The second-order valence-corrected chi connectivity index (χ2v) is 7.63. The molecule has 0 unspecified atom stereocenters. The highest BCUT2D eigenvalue weighted by Crippen LogP contribution is 2.10. The lowest BCUT2D eigenvalue weighted by atomic mass is 10.2. The summed E-state index contributed by atoms with van der Waals surface area (Å²) in [5.74, 6) is 0.898. The molecule has 0 saturated heterocycles. The van der Waals surface area contributed by atoms with Crippen LogP contribution in [0.4, 0.5) is 4.79 Å².